The molecule has 2 saturated heterocycles. The van der Waals surface area contributed by atoms with Crippen molar-refractivity contribution < 1.29 is 14.3 Å². The van der Waals surface area contributed by atoms with Crippen LogP contribution in [-0.4, -0.2) is 61.6 Å². The van der Waals surface area contributed by atoms with E-state index >= 15 is 0 Å². The second-order valence-corrected chi connectivity index (χ2v) is 5.32. The first-order chi connectivity index (χ1) is 9.15. The molecule has 6 heteroatoms. The molecule has 2 aliphatic rings. The molecule has 0 spiro atoms. The van der Waals surface area contributed by atoms with Gasteiger partial charge in [0.15, 0.2) is 0 Å². The van der Waals surface area contributed by atoms with Gasteiger partial charge in [-0.3, -0.25) is 14.5 Å². The Bertz CT molecular complexity index is 335. The fraction of sp³-hybridized carbons (Fsp3) is 0.846. The molecule has 108 valence electrons. The maximum absolute atomic E-state index is 12.0. The Kier molecular flexibility index (Phi) is 5.15. The van der Waals surface area contributed by atoms with Gasteiger partial charge < -0.3 is 15.4 Å². The molecule has 0 bridgehead atoms. The number of nitrogens with zero attached hydrogens (tertiary/aromatic N) is 1. The van der Waals surface area contributed by atoms with Gasteiger partial charge in [0.05, 0.1) is 19.3 Å². The van der Waals surface area contributed by atoms with Crippen LogP contribution in [0, 0.1) is 0 Å². The molecule has 0 aliphatic carbocycles. The molecule has 2 N–H and O–H groups in total. The molecule has 19 heavy (non-hydrogen) atoms. The summed E-state index contributed by atoms with van der Waals surface area (Å²) in [5.41, 5.74) is 0. The Morgan fingerprint density at radius 3 is 3.16 bits per heavy atom. The molecule has 0 saturated carbocycles. The van der Waals surface area contributed by atoms with Gasteiger partial charge >= 0.3 is 0 Å². The van der Waals surface area contributed by atoms with Crippen LogP contribution in [0.2, 0.25) is 0 Å². The zero-order valence-electron chi connectivity index (χ0n) is 11.5. The normalized spacial score (nSPS) is 29.4. The highest BCUT2D eigenvalue weighted by Crippen LogP contribution is 2.06. The Morgan fingerprint density at radius 2 is 2.37 bits per heavy atom. The fourth-order valence-corrected chi connectivity index (χ4v) is 2.55. The van der Waals surface area contributed by atoms with E-state index in [0.717, 1.165) is 32.4 Å². The van der Waals surface area contributed by atoms with E-state index in [2.05, 4.69) is 15.5 Å². The molecule has 0 aromatic carbocycles. The van der Waals surface area contributed by atoms with Gasteiger partial charge in [0, 0.05) is 19.6 Å². The van der Waals surface area contributed by atoms with E-state index in [1.807, 2.05) is 6.92 Å². The number of carbonyl (C=O) groups excluding carboxylic acids is 2. The fourth-order valence-electron chi connectivity index (χ4n) is 2.55. The predicted octanol–water partition coefficient (Wildman–Crippen LogP) is -0.508. The number of carbonyl (C=O) groups is 2. The number of ether oxygens (including phenoxy) is 1. The third-order valence-electron chi connectivity index (χ3n) is 3.56. The van der Waals surface area contributed by atoms with Crippen LogP contribution >= 0.6 is 0 Å². The third-order valence-corrected chi connectivity index (χ3v) is 3.56. The van der Waals surface area contributed by atoms with E-state index in [9.17, 15) is 9.59 Å². The molecule has 2 fully saturated rings. The number of amides is 2. The summed E-state index contributed by atoms with van der Waals surface area (Å²) in [5, 5.41) is 5.66. The van der Waals surface area contributed by atoms with E-state index in [1.165, 1.54) is 0 Å². The largest absolute Gasteiger partial charge is 0.376 e. The topological polar surface area (TPSA) is 70.7 Å². The minimum absolute atomic E-state index is 0.0544. The van der Waals surface area contributed by atoms with E-state index in [0.29, 0.717) is 19.7 Å². The average molecular weight is 269 g/mol. The second-order valence-electron chi connectivity index (χ2n) is 5.32. The highest BCUT2D eigenvalue weighted by molar-refractivity contribution is 5.88. The van der Waals surface area contributed by atoms with Crippen LogP contribution in [0.1, 0.15) is 26.2 Å². The Morgan fingerprint density at radius 1 is 1.53 bits per heavy atom. The van der Waals surface area contributed by atoms with Crippen molar-refractivity contribution in [1.29, 1.82) is 0 Å². The van der Waals surface area contributed by atoms with Crippen molar-refractivity contribution in [3.05, 3.63) is 0 Å². The van der Waals surface area contributed by atoms with Crippen molar-refractivity contribution in [2.24, 2.45) is 0 Å². The minimum atomic E-state index is -0.367. The molecule has 2 amide bonds. The highest BCUT2D eigenvalue weighted by atomic mass is 16.5. The van der Waals surface area contributed by atoms with Crippen molar-refractivity contribution in [3.8, 4) is 0 Å². The summed E-state index contributed by atoms with van der Waals surface area (Å²) >= 11 is 0. The molecule has 2 rings (SSSR count). The summed E-state index contributed by atoms with van der Waals surface area (Å²) in [6, 6.07) is -0.367. The lowest BCUT2D eigenvalue weighted by atomic mass is 10.1. The van der Waals surface area contributed by atoms with E-state index in [4.69, 9.17) is 4.74 Å². The molecule has 0 aromatic rings. The molecular formula is C13H23N3O3. The molecule has 2 aliphatic heterocycles. The molecule has 6 nitrogen and oxygen atoms in total. The van der Waals surface area contributed by atoms with Crippen molar-refractivity contribution >= 4 is 11.8 Å². The molecular weight excluding hydrogens is 246 g/mol. The van der Waals surface area contributed by atoms with E-state index < -0.39 is 0 Å². The first-order valence-corrected chi connectivity index (χ1v) is 7.06. The first kappa shape index (κ1) is 14.3. The number of nitrogens with one attached hydrogen (secondary N) is 2. The van der Waals surface area contributed by atoms with Gasteiger partial charge in [-0.05, 0) is 26.2 Å². The smallest absolute Gasteiger partial charge is 0.242 e. The third kappa shape index (κ3) is 4.47. The summed E-state index contributed by atoms with van der Waals surface area (Å²) in [4.78, 5) is 25.8. The van der Waals surface area contributed by atoms with Gasteiger partial charge in [0.1, 0.15) is 6.04 Å². The zero-order chi connectivity index (χ0) is 13.7. The maximum Gasteiger partial charge on any atom is 0.242 e. The van der Waals surface area contributed by atoms with Crippen LogP contribution in [0.5, 0.6) is 0 Å². The van der Waals surface area contributed by atoms with Crippen molar-refractivity contribution in [1.82, 2.24) is 15.5 Å². The van der Waals surface area contributed by atoms with Gasteiger partial charge in [0.2, 0.25) is 11.8 Å². The second kappa shape index (κ2) is 6.86. The quantitative estimate of drug-likeness (QED) is 0.724. The van der Waals surface area contributed by atoms with Gasteiger partial charge in [-0.25, -0.2) is 0 Å². The Labute approximate surface area is 113 Å². The Balaban J connectivity index is 1.78. The summed E-state index contributed by atoms with van der Waals surface area (Å²) in [6.45, 7) is 5.27. The standard InChI is InChI=1S/C13H23N3O3/c1-10-8-16(6-7-19-10)9-12(17)15-11-4-2-3-5-14-13(11)18/h10-11H,2-9H2,1H3,(H,14,18)(H,15,17)/t10-,11-/m1/s1. The monoisotopic (exact) mass is 269 g/mol. The van der Waals surface area contributed by atoms with Gasteiger partial charge in [-0.2, -0.15) is 0 Å². The summed E-state index contributed by atoms with van der Waals surface area (Å²) in [7, 11) is 0. The molecule has 0 aromatic heterocycles. The van der Waals surface area contributed by atoms with Crippen LogP contribution in [0.15, 0.2) is 0 Å². The van der Waals surface area contributed by atoms with Gasteiger partial charge in [-0.1, -0.05) is 0 Å². The minimum Gasteiger partial charge on any atom is -0.376 e. The number of hydrogen-bond donors (Lipinski definition) is 2. The lowest BCUT2D eigenvalue weighted by Crippen LogP contribution is -2.51. The van der Waals surface area contributed by atoms with Crippen molar-refractivity contribution in [2.45, 2.75) is 38.3 Å². The number of hydrogen-bond acceptors (Lipinski definition) is 4. The van der Waals surface area contributed by atoms with Crippen LogP contribution in [0.25, 0.3) is 0 Å². The summed E-state index contributed by atoms with van der Waals surface area (Å²) < 4.78 is 5.44. The summed E-state index contributed by atoms with van der Waals surface area (Å²) in [5.74, 6) is -0.127. The molecule has 2 atom stereocenters. The van der Waals surface area contributed by atoms with Crippen molar-refractivity contribution in [2.75, 3.05) is 32.8 Å². The first-order valence-electron chi connectivity index (χ1n) is 7.06. The molecule has 0 radical (unpaired) electrons. The van der Waals surface area contributed by atoms with Crippen LogP contribution in [-0.2, 0) is 14.3 Å². The maximum atomic E-state index is 12.0. The van der Waals surface area contributed by atoms with Crippen LogP contribution in [0.4, 0.5) is 0 Å². The Hall–Kier alpha value is -1.14. The average Bonchev–Trinajstić information content (AvgIpc) is 2.55. The lowest BCUT2D eigenvalue weighted by Gasteiger charge is -2.30. The predicted molar refractivity (Wildman–Crippen MR) is 70.6 cm³/mol. The van der Waals surface area contributed by atoms with Crippen LogP contribution < -0.4 is 10.6 Å². The van der Waals surface area contributed by atoms with E-state index in [1.54, 1.807) is 0 Å². The van der Waals surface area contributed by atoms with Gasteiger partial charge in [-0.15, -0.1) is 0 Å². The zero-order valence-corrected chi connectivity index (χ0v) is 11.5. The highest BCUT2D eigenvalue weighted by Gasteiger charge is 2.24. The lowest BCUT2D eigenvalue weighted by molar-refractivity contribution is -0.130. The number of rotatable bonds is 3. The summed E-state index contributed by atoms with van der Waals surface area (Å²) in [6.07, 6.45) is 2.86. The van der Waals surface area contributed by atoms with E-state index in [-0.39, 0.29) is 24.0 Å². The molecule has 0 unspecified atom stereocenters. The van der Waals surface area contributed by atoms with Gasteiger partial charge in [0.25, 0.3) is 0 Å². The van der Waals surface area contributed by atoms with Crippen molar-refractivity contribution in [3.63, 3.8) is 0 Å². The SMILES string of the molecule is C[C@@H]1CN(CC(=O)N[C@@H]2CCCCNC2=O)CCO1. The number of morpholine rings is 1. The molecule has 2 heterocycles. The van der Waals surface area contributed by atoms with Crippen LogP contribution in [0.3, 0.4) is 0 Å².